The van der Waals surface area contributed by atoms with Crippen molar-refractivity contribution in [3.05, 3.63) is 59.2 Å². The fourth-order valence-electron chi connectivity index (χ4n) is 3.00. The van der Waals surface area contributed by atoms with E-state index in [0.29, 0.717) is 25.0 Å². The first kappa shape index (κ1) is 20.4. The van der Waals surface area contributed by atoms with Crippen molar-refractivity contribution in [3.63, 3.8) is 0 Å². The minimum absolute atomic E-state index is 0.0666. The van der Waals surface area contributed by atoms with Crippen LogP contribution in [0.4, 0.5) is 23.2 Å². The third-order valence-corrected chi connectivity index (χ3v) is 5.72. The molecule has 0 radical (unpaired) electrons. The summed E-state index contributed by atoms with van der Waals surface area (Å²) >= 11 is 1.21. The van der Waals surface area contributed by atoms with Crippen LogP contribution in [0.2, 0.25) is 0 Å². The maximum Gasteiger partial charge on any atom is 0.255 e. The van der Waals surface area contributed by atoms with Gasteiger partial charge < -0.3 is 5.32 Å². The van der Waals surface area contributed by atoms with Crippen LogP contribution in [-0.2, 0) is 4.79 Å². The predicted molar refractivity (Wildman–Crippen MR) is 98.4 cm³/mol. The summed E-state index contributed by atoms with van der Waals surface area (Å²) in [4.78, 5) is 24.3. The number of thioether (sulfide) groups is 1. The summed E-state index contributed by atoms with van der Waals surface area (Å²) in [5.74, 6) is -5.57. The predicted octanol–water partition coefficient (Wildman–Crippen LogP) is 5.49. The van der Waals surface area contributed by atoms with E-state index in [1.165, 1.54) is 23.9 Å². The largest absolute Gasteiger partial charge is 0.322 e. The van der Waals surface area contributed by atoms with E-state index in [1.54, 1.807) is 0 Å². The molecule has 3 rings (SSSR count). The maximum atomic E-state index is 14.2. The van der Waals surface area contributed by atoms with Gasteiger partial charge in [-0.3, -0.25) is 9.59 Å². The lowest BCUT2D eigenvalue weighted by Gasteiger charge is -2.14. The van der Waals surface area contributed by atoms with Crippen LogP contribution in [0, 0.1) is 23.3 Å². The van der Waals surface area contributed by atoms with Gasteiger partial charge in [0.15, 0.2) is 17.5 Å². The van der Waals surface area contributed by atoms with Gasteiger partial charge in [-0.25, -0.2) is 17.6 Å². The van der Waals surface area contributed by atoms with Gasteiger partial charge in [0.1, 0.15) is 11.6 Å². The van der Waals surface area contributed by atoms with Crippen molar-refractivity contribution in [2.24, 2.45) is 0 Å². The van der Waals surface area contributed by atoms with Crippen molar-refractivity contribution in [3.8, 4) is 0 Å². The summed E-state index contributed by atoms with van der Waals surface area (Å²) in [6.45, 7) is 0. The normalized spacial score (nSPS) is 17.3. The van der Waals surface area contributed by atoms with Gasteiger partial charge in [-0.1, -0.05) is 6.42 Å². The van der Waals surface area contributed by atoms with Gasteiger partial charge in [-0.15, -0.1) is 11.8 Å². The highest BCUT2D eigenvalue weighted by Crippen LogP contribution is 2.34. The van der Waals surface area contributed by atoms with Gasteiger partial charge in [0.05, 0.1) is 0 Å². The molecule has 0 bridgehead atoms. The third kappa shape index (κ3) is 4.92. The molecule has 0 aromatic heterocycles. The minimum Gasteiger partial charge on any atom is -0.322 e. The minimum atomic E-state index is -1.63. The van der Waals surface area contributed by atoms with Crippen LogP contribution in [0.1, 0.15) is 42.5 Å². The second kappa shape index (κ2) is 8.77. The molecule has 1 aliphatic rings. The first-order valence-corrected chi connectivity index (χ1v) is 9.65. The topological polar surface area (TPSA) is 46.2 Å². The molecule has 1 fully saturated rings. The quantitative estimate of drug-likeness (QED) is 0.411. The average molecular weight is 411 g/mol. The molecule has 1 saturated carbocycles. The summed E-state index contributed by atoms with van der Waals surface area (Å²) in [7, 11) is 0. The Kier molecular flexibility index (Phi) is 6.39. The summed E-state index contributed by atoms with van der Waals surface area (Å²) in [5, 5.41) is 2.20. The van der Waals surface area contributed by atoms with Gasteiger partial charge in [0, 0.05) is 46.4 Å². The molecule has 8 heteroatoms. The van der Waals surface area contributed by atoms with Crippen LogP contribution in [-0.4, -0.2) is 16.9 Å². The molecule has 0 spiro atoms. The van der Waals surface area contributed by atoms with Crippen molar-refractivity contribution in [2.45, 2.75) is 42.2 Å². The highest BCUT2D eigenvalue weighted by atomic mass is 32.2. The number of hydrogen-bond acceptors (Lipinski definition) is 3. The number of amides is 1. The summed E-state index contributed by atoms with van der Waals surface area (Å²) in [5.41, 5.74) is -0.178. The van der Waals surface area contributed by atoms with E-state index < -0.39 is 29.2 Å². The second-order valence-electron chi connectivity index (χ2n) is 6.58. The van der Waals surface area contributed by atoms with Crippen LogP contribution < -0.4 is 5.32 Å². The first-order valence-electron chi connectivity index (χ1n) is 8.77. The number of ketones is 1. The molecule has 3 nitrogen and oxygen atoms in total. The van der Waals surface area contributed by atoms with E-state index in [-0.39, 0.29) is 27.2 Å². The van der Waals surface area contributed by atoms with Gasteiger partial charge in [0.2, 0.25) is 0 Å². The Morgan fingerprint density at radius 3 is 2.43 bits per heavy atom. The van der Waals surface area contributed by atoms with Crippen molar-refractivity contribution >= 4 is 29.1 Å². The molecule has 0 aliphatic heterocycles. The monoisotopic (exact) mass is 411 g/mol. The molecular weight excluding hydrogens is 394 g/mol. The fraction of sp³-hybridized carbons (Fsp3) is 0.300. The van der Waals surface area contributed by atoms with Crippen LogP contribution in [0.25, 0.3) is 0 Å². The number of anilines is 1. The summed E-state index contributed by atoms with van der Waals surface area (Å²) in [6.07, 6.45) is 3.38. The zero-order chi connectivity index (χ0) is 20.3. The smallest absolute Gasteiger partial charge is 0.255 e. The number of halogens is 4. The van der Waals surface area contributed by atoms with Crippen molar-refractivity contribution < 1.29 is 27.2 Å². The Balaban J connectivity index is 1.76. The molecule has 2 aromatic carbocycles. The van der Waals surface area contributed by atoms with Gasteiger partial charge in [-0.2, -0.15) is 0 Å². The second-order valence-corrected chi connectivity index (χ2v) is 7.92. The van der Waals surface area contributed by atoms with Crippen LogP contribution in [0.3, 0.4) is 0 Å². The Hall–Kier alpha value is -2.35. The van der Waals surface area contributed by atoms with Gasteiger partial charge >= 0.3 is 0 Å². The number of Topliss-reactive ketones (excluding diaryl/α,β-unsaturated/α-hetero) is 1. The first-order chi connectivity index (χ1) is 13.3. The third-order valence-electron chi connectivity index (χ3n) is 4.42. The van der Waals surface area contributed by atoms with E-state index in [9.17, 15) is 27.2 Å². The molecule has 0 saturated heterocycles. The highest BCUT2D eigenvalue weighted by Gasteiger charge is 2.21. The van der Waals surface area contributed by atoms with Crippen molar-refractivity contribution in [1.29, 1.82) is 0 Å². The number of rotatable bonds is 4. The molecule has 0 heterocycles. The molecule has 28 heavy (non-hydrogen) atoms. The SMILES string of the molecule is O=C1CCCCC(Sc2cc(C(=O)Nc3cc(F)c(F)c(F)c3)ccc2F)C1. The standard InChI is InChI=1S/C20H17F4NO2S/c21-15-6-5-11(7-18(15)28-14-4-2-1-3-13(26)10-14)20(27)25-12-8-16(22)19(24)17(23)9-12/h5-9,14H,1-4,10H2,(H,25,27). The summed E-state index contributed by atoms with van der Waals surface area (Å²) in [6, 6.07) is 5.02. The van der Waals surface area contributed by atoms with Crippen LogP contribution >= 0.6 is 11.8 Å². The maximum absolute atomic E-state index is 14.2. The van der Waals surface area contributed by atoms with Crippen LogP contribution in [0.5, 0.6) is 0 Å². The Labute approximate surface area is 163 Å². The lowest BCUT2D eigenvalue weighted by atomic mass is 10.2. The number of hydrogen-bond donors (Lipinski definition) is 1. The molecule has 1 amide bonds. The molecule has 1 aliphatic carbocycles. The lowest BCUT2D eigenvalue weighted by Crippen LogP contribution is -2.13. The van der Waals surface area contributed by atoms with Crippen LogP contribution in [0.15, 0.2) is 35.2 Å². The van der Waals surface area contributed by atoms with Gasteiger partial charge in [0.25, 0.3) is 5.91 Å². The molecule has 1 N–H and O–H groups in total. The van der Waals surface area contributed by atoms with Crippen molar-refractivity contribution in [2.75, 3.05) is 5.32 Å². The number of carbonyl (C=O) groups is 2. The molecular formula is C20H17F4NO2S. The van der Waals surface area contributed by atoms with E-state index in [0.717, 1.165) is 25.3 Å². The molecule has 1 atom stereocenters. The van der Waals surface area contributed by atoms with Crippen molar-refractivity contribution in [1.82, 2.24) is 0 Å². The number of nitrogens with one attached hydrogen (secondary N) is 1. The Morgan fingerprint density at radius 1 is 1.00 bits per heavy atom. The highest BCUT2D eigenvalue weighted by molar-refractivity contribution is 8.00. The molecule has 2 aromatic rings. The summed E-state index contributed by atoms with van der Waals surface area (Å²) < 4.78 is 53.8. The van der Waals surface area contributed by atoms with E-state index in [4.69, 9.17) is 0 Å². The lowest BCUT2D eigenvalue weighted by molar-refractivity contribution is -0.118. The zero-order valence-electron chi connectivity index (χ0n) is 14.7. The zero-order valence-corrected chi connectivity index (χ0v) is 15.6. The number of carbonyl (C=O) groups excluding carboxylic acids is 2. The average Bonchev–Trinajstić information content (AvgIpc) is 2.85. The molecule has 148 valence electrons. The van der Waals surface area contributed by atoms with E-state index in [1.807, 2.05) is 0 Å². The Morgan fingerprint density at radius 2 is 1.71 bits per heavy atom. The van der Waals surface area contributed by atoms with E-state index >= 15 is 0 Å². The Bertz CT molecular complexity index is 896. The number of benzene rings is 2. The molecule has 1 unspecified atom stereocenters. The van der Waals surface area contributed by atoms with E-state index in [2.05, 4.69) is 5.32 Å². The fourth-order valence-corrected chi connectivity index (χ4v) is 4.29. The van der Waals surface area contributed by atoms with Gasteiger partial charge in [-0.05, 0) is 31.0 Å².